The first kappa shape index (κ1) is 14.3. The lowest BCUT2D eigenvalue weighted by Crippen LogP contribution is -2.36. The lowest BCUT2D eigenvalue weighted by atomic mass is 9.93. The predicted octanol–water partition coefficient (Wildman–Crippen LogP) is 2.16. The number of hydrogen-bond donors (Lipinski definition) is 1. The molecule has 0 aliphatic rings. The number of benzene rings is 1. The summed E-state index contributed by atoms with van der Waals surface area (Å²) in [5, 5.41) is 10.7. The topological polar surface area (TPSA) is 98.4 Å². The van der Waals surface area contributed by atoms with Gasteiger partial charge in [0, 0.05) is 19.7 Å². The molecule has 0 fully saturated rings. The molecule has 20 heavy (non-hydrogen) atoms. The normalized spacial score (nSPS) is 11.8. The van der Waals surface area contributed by atoms with Gasteiger partial charge < -0.3 is 15.1 Å². The molecule has 0 aliphatic heterocycles. The SMILES string of the molecule is CN(CC(C)(C)CN)c1nc2ccc([N+](=O)[O-])cc2o1. The Morgan fingerprint density at radius 2 is 2.20 bits per heavy atom. The summed E-state index contributed by atoms with van der Waals surface area (Å²) in [6, 6.07) is 4.82. The first-order valence-corrected chi connectivity index (χ1v) is 6.28. The van der Waals surface area contributed by atoms with Gasteiger partial charge in [0.15, 0.2) is 5.58 Å². The van der Waals surface area contributed by atoms with E-state index in [9.17, 15) is 10.1 Å². The maximum atomic E-state index is 10.7. The second-order valence-corrected chi connectivity index (χ2v) is 5.63. The Morgan fingerprint density at radius 1 is 1.50 bits per heavy atom. The molecule has 0 radical (unpaired) electrons. The number of fused-ring (bicyclic) bond motifs is 1. The van der Waals surface area contributed by atoms with Crippen molar-refractivity contribution in [3.63, 3.8) is 0 Å². The highest BCUT2D eigenvalue weighted by Crippen LogP contribution is 2.26. The number of nitrogens with zero attached hydrogens (tertiary/aromatic N) is 3. The minimum Gasteiger partial charge on any atom is -0.423 e. The van der Waals surface area contributed by atoms with E-state index in [0.29, 0.717) is 30.2 Å². The van der Waals surface area contributed by atoms with E-state index in [-0.39, 0.29) is 11.1 Å². The molecule has 0 bridgehead atoms. The van der Waals surface area contributed by atoms with Gasteiger partial charge in [0.25, 0.3) is 11.7 Å². The molecule has 1 heterocycles. The average molecular weight is 278 g/mol. The quantitative estimate of drug-likeness (QED) is 0.664. The van der Waals surface area contributed by atoms with Crippen molar-refractivity contribution in [3.8, 4) is 0 Å². The standard InChI is InChI=1S/C13H18N4O3/c1-13(2,7-14)8-16(3)12-15-10-5-4-9(17(18)19)6-11(10)20-12/h4-6H,7-8,14H2,1-3H3. The Hall–Kier alpha value is -2.15. The van der Waals surface area contributed by atoms with E-state index in [1.807, 2.05) is 11.9 Å². The van der Waals surface area contributed by atoms with Gasteiger partial charge in [-0.3, -0.25) is 10.1 Å². The number of anilines is 1. The maximum Gasteiger partial charge on any atom is 0.298 e. The number of nitro groups is 1. The van der Waals surface area contributed by atoms with Gasteiger partial charge in [0.2, 0.25) is 0 Å². The summed E-state index contributed by atoms with van der Waals surface area (Å²) >= 11 is 0. The van der Waals surface area contributed by atoms with Gasteiger partial charge in [-0.15, -0.1) is 0 Å². The van der Waals surface area contributed by atoms with Crippen molar-refractivity contribution in [2.45, 2.75) is 13.8 Å². The van der Waals surface area contributed by atoms with Crippen LogP contribution in [0, 0.1) is 15.5 Å². The molecule has 0 saturated carbocycles. The summed E-state index contributed by atoms with van der Waals surface area (Å²) in [7, 11) is 1.86. The molecular formula is C13H18N4O3. The molecule has 0 unspecified atom stereocenters. The van der Waals surface area contributed by atoms with Crippen LogP contribution in [0.1, 0.15) is 13.8 Å². The van der Waals surface area contributed by atoms with Gasteiger partial charge in [-0.2, -0.15) is 4.98 Å². The van der Waals surface area contributed by atoms with Crippen LogP contribution in [0.4, 0.5) is 11.7 Å². The Morgan fingerprint density at radius 3 is 2.80 bits per heavy atom. The van der Waals surface area contributed by atoms with Crippen LogP contribution in [0.15, 0.2) is 22.6 Å². The summed E-state index contributed by atoms with van der Waals surface area (Å²) in [5.74, 6) is 0. The molecule has 7 nitrogen and oxygen atoms in total. The van der Waals surface area contributed by atoms with Crippen LogP contribution < -0.4 is 10.6 Å². The summed E-state index contributed by atoms with van der Waals surface area (Å²) in [5.41, 5.74) is 6.64. The van der Waals surface area contributed by atoms with E-state index >= 15 is 0 Å². The molecule has 2 N–H and O–H groups in total. The predicted molar refractivity (Wildman–Crippen MR) is 76.8 cm³/mol. The zero-order chi connectivity index (χ0) is 14.9. The number of non-ortho nitro benzene ring substituents is 1. The Labute approximate surface area is 116 Å². The molecule has 2 aromatic rings. The van der Waals surface area contributed by atoms with Crippen LogP contribution in [0.25, 0.3) is 11.1 Å². The molecule has 108 valence electrons. The molecule has 0 aliphatic carbocycles. The number of hydrogen-bond acceptors (Lipinski definition) is 6. The summed E-state index contributed by atoms with van der Waals surface area (Å²) in [6.45, 7) is 5.33. The third-order valence-electron chi connectivity index (χ3n) is 3.12. The summed E-state index contributed by atoms with van der Waals surface area (Å²) in [4.78, 5) is 16.5. The maximum absolute atomic E-state index is 10.7. The minimum absolute atomic E-state index is 0.00913. The Bertz CT molecular complexity index is 636. The number of nitro benzene ring substituents is 1. The van der Waals surface area contributed by atoms with Crippen LogP contribution >= 0.6 is 0 Å². The minimum atomic E-state index is -0.455. The van der Waals surface area contributed by atoms with Crippen molar-refractivity contribution >= 4 is 22.8 Å². The molecular weight excluding hydrogens is 260 g/mol. The molecule has 7 heteroatoms. The van der Waals surface area contributed by atoms with Gasteiger partial charge in [-0.05, 0) is 18.0 Å². The zero-order valence-corrected chi connectivity index (χ0v) is 11.8. The zero-order valence-electron chi connectivity index (χ0n) is 11.8. The van der Waals surface area contributed by atoms with Gasteiger partial charge in [0.05, 0.1) is 11.0 Å². The summed E-state index contributed by atoms with van der Waals surface area (Å²) in [6.07, 6.45) is 0. The summed E-state index contributed by atoms with van der Waals surface area (Å²) < 4.78 is 5.58. The van der Waals surface area contributed by atoms with E-state index in [2.05, 4.69) is 18.8 Å². The third kappa shape index (κ3) is 2.88. The van der Waals surface area contributed by atoms with E-state index in [0.717, 1.165) is 0 Å². The second kappa shape index (κ2) is 5.09. The van der Waals surface area contributed by atoms with E-state index < -0.39 is 4.92 Å². The Balaban J connectivity index is 2.29. The van der Waals surface area contributed by atoms with Gasteiger partial charge >= 0.3 is 0 Å². The molecule has 0 amide bonds. The van der Waals surface area contributed by atoms with Crippen LogP contribution in [0.3, 0.4) is 0 Å². The number of rotatable bonds is 5. The third-order valence-corrected chi connectivity index (χ3v) is 3.12. The van der Waals surface area contributed by atoms with Crippen molar-refractivity contribution in [1.29, 1.82) is 0 Å². The molecule has 2 rings (SSSR count). The largest absolute Gasteiger partial charge is 0.423 e. The van der Waals surface area contributed by atoms with Crippen molar-refractivity contribution in [1.82, 2.24) is 4.98 Å². The fourth-order valence-corrected chi connectivity index (χ4v) is 1.95. The fourth-order valence-electron chi connectivity index (χ4n) is 1.95. The average Bonchev–Trinajstić information content (AvgIpc) is 2.81. The van der Waals surface area contributed by atoms with Crippen molar-refractivity contribution in [2.75, 3.05) is 25.0 Å². The fraction of sp³-hybridized carbons (Fsp3) is 0.462. The highest BCUT2D eigenvalue weighted by molar-refractivity contribution is 5.77. The molecule has 1 aromatic carbocycles. The van der Waals surface area contributed by atoms with Gasteiger partial charge in [-0.25, -0.2) is 0 Å². The van der Waals surface area contributed by atoms with Crippen molar-refractivity contribution in [3.05, 3.63) is 28.3 Å². The van der Waals surface area contributed by atoms with Crippen LogP contribution in [0.5, 0.6) is 0 Å². The van der Waals surface area contributed by atoms with Crippen LogP contribution in [-0.2, 0) is 0 Å². The second-order valence-electron chi connectivity index (χ2n) is 5.63. The Kier molecular flexibility index (Phi) is 3.63. The molecule has 0 saturated heterocycles. The lowest BCUT2D eigenvalue weighted by molar-refractivity contribution is -0.384. The number of nitrogens with two attached hydrogens (primary N) is 1. The van der Waals surface area contributed by atoms with Crippen LogP contribution in [0.2, 0.25) is 0 Å². The highest BCUT2D eigenvalue weighted by atomic mass is 16.6. The molecule has 0 atom stereocenters. The first-order valence-electron chi connectivity index (χ1n) is 6.28. The van der Waals surface area contributed by atoms with E-state index in [1.165, 1.54) is 12.1 Å². The van der Waals surface area contributed by atoms with Crippen molar-refractivity contribution < 1.29 is 9.34 Å². The first-order chi connectivity index (χ1) is 9.32. The highest BCUT2D eigenvalue weighted by Gasteiger charge is 2.21. The monoisotopic (exact) mass is 278 g/mol. The van der Waals surface area contributed by atoms with Gasteiger partial charge in [-0.1, -0.05) is 13.8 Å². The van der Waals surface area contributed by atoms with E-state index in [1.54, 1.807) is 6.07 Å². The smallest absolute Gasteiger partial charge is 0.298 e. The molecule has 1 aromatic heterocycles. The van der Waals surface area contributed by atoms with E-state index in [4.69, 9.17) is 10.2 Å². The van der Waals surface area contributed by atoms with Crippen LogP contribution in [-0.4, -0.2) is 30.0 Å². The lowest BCUT2D eigenvalue weighted by Gasteiger charge is -2.27. The number of oxazole rings is 1. The number of aromatic nitrogens is 1. The van der Waals surface area contributed by atoms with Gasteiger partial charge in [0.1, 0.15) is 5.52 Å². The van der Waals surface area contributed by atoms with Crippen molar-refractivity contribution in [2.24, 2.45) is 11.1 Å². The molecule has 0 spiro atoms.